The Labute approximate surface area is 105 Å². The fourth-order valence-corrected chi connectivity index (χ4v) is 2.16. The largest absolute Gasteiger partial charge is 0.366 e. The minimum atomic E-state index is -0.244. The van der Waals surface area contributed by atoms with Crippen molar-refractivity contribution >= 4 is 5.69 Å². The molecule has 0 spiro atoms. The zero-order valence-corrected chi connectivity index (χ0v) is 10.0. The quantitative estimate of drug-likeness (QED) is 0.870. The third kappa shape index (κ3) is 2.22. The summed E-state index contributed by atoms with van der Waals surface area (Å²) in [6.45, 7) is 3.94. The Kier molecular flexibility index (Phi) is 2.98. The van der Waals surface area contributed by atoms with Gasteiger partial charge in [-0.3, -0.25) is 0 Å². The summed E-state index contributed by atoms with van der Waals surface area (Å²) < 4.78 is 14.9. The van der Waals surface area contributed by atoms with Crippen molar-refractivity contribution in [2.75, 3.05) is 31.1 Å². The van der Waals surface area contributed by atoms with E-state index in [0.29, 0.717) is 0 Å². The van der Waals surface area contributed by atoms with Gasteiger partial charge in [0.15, 0.2) is 0 Å². The molecule has 1 N–H and O–H groups in total. The lowest BCUT2D eigenvalue weighted by molar-refractivity contribution is 0.589. The maximum atomic E-state index is 13.2. The second-order valence-corrected chi connectivity index (χ2v) is 4.36. The highest BCUT2D eigenvalue weighted by atomic mass is 19.1. The highest BCUT2D eigenvalue weighted by Gasteiger charge is 2.12. The van der Waals surface area contributed by atoms with Crippen LogP contribution in [0.4, 0.5) is 10.1 Å². The lowest BCUT2D eigenvalue weighted by Gasteiger charge is -2.27. The molecule has 18 heavy (non-hydrogen) atoms. The Bertz CT molecular complexity index is 531. The molecule has 0 unspecified atom stereocenters. The van der Waals surface area contributed by atoms with Gasteiger partial charge in [-0.05, 0) is 18.2 Å². The van der Waals surface area contributed by atoms with E-state index < -0.39 is 0 Å². The summed E-state index contributed by atoms with van der Waals surface area (Å²) in [5, 5.41) is 7.60. The number of benzene rings is 1. The van der Waals surface area contributed by atoms with Gasteiger partial charge in [0.05, 0.1) is 23.8 Å². The highest BCUT2D eigenvalue weighted by molar-refractivity contribution is 5.45. The monoisotopic (exact) mass is 246 g/mol. The minimum absolute atomic E-state index is 0.244. The molecule has 0 bridgehead atoms. The number of halogens is 1. The van der Waals surface area contributed by atoms with E-state index in [4.69, 9.17) is 0 Å². The first-order valence-electron chi connectivity index (χ1n) is 6.09. The van der Waals surface area contributed by atoms with E-state index in [9.17, 15) is 4.39 Å². The van der Waals surface area contributed by atoms with Gasteiger partial charge in [-0.25, -0.2) is 9.07 Å². The van der Waals surface area contributed by atoms with Crippen molar-refractivity contribution in [2.45, 2.75) is 0 Å². The molecule has 2 heterocycles. The summed E-state index contributed by atoms with van der Waals surface area (Å²) >= 11 is 0. The van der Waals surface area contributed by atoms with E-state index in [1.54, 1.807) is 10.7 Å². The molecule has 0 radical (unpaired) electrons. The van der Waals surface area contributed by atoms with Crippen LogP contribution in [-0.4, -0.2) is 36.0 Å². The second kappa shape index (κ2) is 4.78. The Hall–Kier alpha value is -1.88. The molecule has 0 amide bonds. The smallest absolute Gasteiger partial charge is 0.125 e. The molecule has 3 rings (SSSR count). The van der Waals surface area contributed by atoms with Crippen molar-refractivity contribution < 1.29 is 4.39 Å². The van der Waals surface area contributed by atoms with Crippen LogP contribution in [0.5, 0.6) is 0 Å². The van der Waals surface area contributed by atoms with Crippen LogP contribution < -0.4 is 10.2 Å². The number of piperazine rings is 1. The average molecular weight is 246 g/mol. The molecule has 0 atom stereocenters. The van der Waals surface area contributed by atoms with Crippen LogP contribution in [0.3, 0.4) is 0 Å². The fourth-order valence-electron chi connectivity index (χ4n) is 2.16. The first kappa shape index (κ1) is 11.2. The molecule has 1 saturated heterocycles. The van der Waals surface area contributed by atoms with Gasteiger partial charge in [0.1, 0.15) is 5.82 Å². The zero-order valence-electron chi connectivity index (χ0n) is 10.0. The zero-order chi connectivity index (χ0) is 12.4. The van der Waals surface area contributed by atoms with E-state index >= 15 is 0 Å². The molecule has 1 aromatic heterocycles. The molecule has 1 aliphatic rings. The lowest BCUT2D eigenvalue weighted by Crippen LogP contribution is -2.43. The minimum Gasteiger partial charge on any atom is -0.366 e. The maximum Gasteiger partial charge on any atom is 0.125 e. The summed E-state index contributed by atoms with van der Waals surface area (Å²) in [6, 6.07) is 6.45. The molecular weight excluding hydrogens is 231 g/mol. The summed E-state index contributed by atoms with van der Waals surface area (Å²) in [5.41, 5.74) is 1.83. The van der Waals surface area contributed by atoms with Gasteiger partial charge in [-0.2, -0.15) is 5.10 Å². The van der Waals surface area contributed by atoms with Crippen LogP contribution in [0.2, 0.25) is 0 Å². The van der Waals surface area contributed by atoms with Crippen LogP contribution in [0.25, 0.3) is 5.69 Å². The molecule has 5 heteroatoms. The van der Waals surface area contributed by atoms with E-state index in [2.05, 4.69) is 15.3 Å². The Morgan fingerprint density at radius 3 is 2.78 bits per heavy atom. The lowest BCUT2D eigenvalue weighted by atomic mass is 10.3. The van der Waals surface area contributed by atoms with Crippen LogP contribution in [0.1, 0.15) is 0 Å². The Balaban J connectivity index is 1.84. The second-order valence-electron chi connectivity index (χ2n) is 4.36. The van der Waals surface area contributed by atoms with E-state index in [0.717, 1.165) is 37.6 Å². The summed E-state index contributed by atoms with van der Waals surface area (Å²) in [6.07, 6.45) is 3.77. The standard InChI is InChI=1S/C13H15FN4/c14-11-2-1-3-12(8-11)18-10-13(9-16-18)17-6-4-15-5-7-17/h1-3,8-10,15H,4-7H2. The van der Waals surface area contributed by atoms with E-state index in [1.807, 2.05) is 18.5 Å². The summed E-state index contributed by atoms with van der Waals surface area (Å²) in [7, 11) is 0. The number of hydrogen-bond donors (Lipinski definition) is 1. The Morgan fingerprint density at radius 2 is 2.00 bits per heavy atom. The maximum absolute atomic E-state index is 13.2. The first-order valence-corrected chi connectivity index (χ1v) is 6.09. The molecule has 1 fully saturated rings. The van der Waals surface area contributed by atoms with Gasteiger partial charge in [0.2, 0.25) is 0 Å². The van der Waals surface area contributed by atoms with Gasteiger partial charge >= 0.3 is 0 Å². The van der Waals surface area contributed by atoms with Gasteiger partial charge < -0.3 is 10.2 Å². The molecule has 0 aliphatic carbocycles. The molecule has 2 aromatic rings. The van der Waals surface area contributed by atoms with Crippen molar-refractivity contribution in [3.8, 4) is 5.69 Å². The molecular formula is C13H15FN4. The Morgan fingerprint density at radius 1 is 1.17 bits per heavy atom. The number of rotatable bonds is 2. The van der Waals surface area contributed by atoms with Crippen LogP contribution in [0.15, 0.2) is 36.7 Å². The van der Waals surface area contributed by atoms with Crippen molar-refractivity contribution in [1.29, 1.82) is 0 Å². The van der Waals surface area contributed by atoms with E-state index in [1.165, 1.54) is 12.1 Å². The van der Waals surface area contributed by atoms with Crippen LogP contribution >= 0.6 is 0 Å². The predicted molar refractivity (Wildman–Crippen MR) is 68.6 cm³/mol. The molecule has 1 aliphatic heterocycles. The van der Waals surface area contributed by atoms with Gasteiger partial charge in [0, 0.05) is 26.2 Å². The van der Waals surface area contributed by atoms with Crippen molar-refractivity contribution in [3.63, 3.8) is 0 Å². The third-order valence-corrected chi connectivity index (χ3v) is 3.12. The van der Waals surface area contributed by atoms with Crippen molar-refractivity contribution in [3.05, 3.63) is 42.5 Å². The van der Waals surface area contributed by atoms with Crippen molar-refractivity contribution in [2.24, 2.45) is 0 Å². The van der Waals surface area contributed by atoms with Crippen molar-refractivity contribution in [1.82, 2.24) is 15.1 Å². The van der Waals surface area contributed by atoms with Crippen LogP contribution in [-0.2, 0) is 0 Å². The molecule has 94 valence electrons. The predicted octanol–water partition coefficient (Wildman–Crippen LogP) is 1.42. The van der Waals surface area contributed by atoms with E-state index in [-0.39, 0.29) is 5.82 Å². The number of anilines is 1. The number of nitrogens with one attached hydrogen (secondary N) is 1. The normalized spacial score (nSPS) is 15.9. The summed E-state index contributed by atoms with van der Waals surface area (Å²) in [5.74, 6) is -0.244. The molecule has 0 saturated carbocycles. The fraction of sp³-hybridized carbons (Fsp3) is 0.308. The average Bonchev–Trinajstić information content (AvgIpc) is 2.89. The summed E-state index contributed by atoms with van der Waals surface area (Å²) in [4.78, 5) is 2.28. The van der Waals surface area contributed by atoms with Gasteiger partial charge in [-0.15, -0.1) is 0 Å². The number of hydrogen-bond acceptors (Lipinski definition) is 3. The van der Waals surface area contributed by atoms with Crippen LogP contribution in [0, 0.1) is 5.82 Å². The SMILES string of the molecule is Fc1cccc(-n2cc(N3CCNCC3)cn2)c1. The first-order chi connectivity index (χ1) is 8.83. The number of aromatic nitrogens is 2. The highest BCUT2D eigenvalue weighted by Crippen LogP contribution is 2.16. The number of nitrogens with zero attached hydrogens (tertiary/aromatic N) is 3. The topological polar surface area (TPSA) is 33.1 Å². The van der Waals surface area contributed by atoms with Gasteiger partial charge in [0.25, 0.3) is 0 Å². The molecule has 1 aromatic carbocycles. The van der Waals surface area contributed by atoms with Gasteiger partial charge in [-0.1, -0.05) is 6.07 Å². The molecule has 4 nitrogen and oxygen atoms in total. The third-order valence-electron chi connectivity index (χ3n) is 3.12.